The number of aromatic nitrogens is 1. The first-order valence-corrected chi connectivity index (χ1v) is 10.7. The minimum absolute atomic E-state index is 0.160. The number of hydrazine groups is 1. The molecule has 9 heteroatoms. The highest BCUT2D eigenvalue weighted by atomic mass is 16.5. The number of carbonyl (C=O) groups excluding carboxylic acids is 3. The molecule has 0 unspecified atom stereocenters. The lowest BCUT2D eigenvalue weighted by Crippen LogP contribution is -2.44. The van der Waals surface area contributed by atoms with Gasteiger partial charge in [-0.2, -0.15) is 0 Å². The molecule has 9 nitrogen and oxygen atoms in total. The Morgan fingerprint density at radius 1 is 0.882 bits per heavy atom. The monoisotopic (exact) mass is 465 g/mol. The van der Waals surface area contributed by atoms with Crippen molar-refractivity contribution in [3.05, 3.63) is 82.7 Å². The van der Waals surface area contributed by atoms with Crippen molar-refractivity contribution in [1.82, 2.24) is 15.8 Å². The molecule has 0 atom stereocenters. The molecule has 178 valence electrons. The van der Waals surface area contributed by atoms with Crippen LogP contribution in [0.5, 0.6) is 11.5 Å². The first-order chi connectivity index (χ1) is 16.4. The van der Waals surface area contributed by atoms with Crippen LogP contribution < -0.4 is 20.3 Å². The maximum absolute atomic E-state index is 12.4. The summed E-state index contributed by atoms with van der Waals surface area (Å²) in [6, 6.07) is 16.7. The first kappa shape index (κ1) is 24.4. The van der Waals surface area contributed by atoms with E-state index in [0.29, 0.717) is 34.9 Å². The Bertz CT molecular complexity index is 1140. The zero-order chi connectivity index (χ0) is 24.5. The second-order valence-corrected chi connectivity index (χ2v) is 7.38. The van der Waals surface area contributed by atoms with Gasteiger partial charge in [-0.1, -0.05) is 30.3 Å². The predicted molar refractivity (Wildman–Crippen MR) is 125 cm³/mol. The number of ether oxygens (including phenoxy) is 3. The molecule has 1 aromatic heterocycles. The van der Waals surface area contributed by atoms with E-state index in [4.69, 9.17) is 14.2 Å². The fraction of sp³-hybridized carbons (Fsp3) is 0.240. The first-order valence-electron chi connectivity index (χ1n) is 10.7. The van der Waals surface area contributed by atoms with Crippen LogP contribution >= 0.6 is 0 Å². The van der Waals surface area contributed by atoms with E-state index in [0.717, 1.165) is 5.56 Å². The van der Waals surface area contributed by atoms with Gasteiger partial charge in [0, 0.05) is 5.69 Å². The number of nitrogens with one attached hydrogen (secondary N) is 3. The molecule has 0 bridgehead atoms. The van der Waals surface area contributed by atoms with Crippen molar-refractivity contribution in [2.24, 2.45) is 0 Å². The molecule has 0 saturated carbocycles. The van der Waals surface area contributed by atoms with E-state index < -0.39 is 17.8 Å². The summed E-state index contributed by atoms with van der Waals surface area (Å²) in [6.07, 6.45) is 0. The summed E-state index contributed by atoms with van der Waals surface area (Å²) < 4.78 is 16.2. The van der Waals surface area contributed by atoms with E-state index in [2.05, 4.69) is 15.8 Å². The van der Waals surface area contributed by atoms with Crippen LogP contribution in [0.25, 0.3) is 0 Å². The van der Waals surface area contributed by atoms with Crippen LogP contribution in [0.3, 0.4) is 0 Å². The molecule has 0 aliphatic rings. The van der Waals surface area contributed by atoms with Crippen molar-refractivity contribution >= 4 is 17.8 Å². The maximum Gasteiger partial charge on any atom is 0.340 e. The highest BCUT2D eigenvalue weighted by molar-refractivity contribution is 6.01. The SMILES string of the molecule is CCOC(=O)c1c(C)[nH]c(C(=O)NNC(=O)COc2ccc(OCc3ccccc3)cc2)c1C. The lowest BCUT2D eigenvalue weighted by atomic mass is 10.1. The normalized spacial score (nSPS) is 10.3. The molecule has 1 heterocycles. The van der Waals surface area contributed by atoms with Crippen molar-refractivity contribution in [2.45, 2.75) is 27.4 Å². The third-order valence-electron chi connectivity index (χ3n) is 4.90. The number of esters is 1. The predicted octanol–water partition coefficient (Wildman–Crippen LogP) is 3.23. The summed E-state index contributed by atoms with van der Waals surface area (Å²) in [4.78, 5) is 39.4. The maximum atomic E-state index is 12.4. The van der Waals surface area contributed by atoms with Crippen molar-refractivity contribution < 1.29 is 28.6 Å². The summed E-state index contributed by atoms with van der Waals surface area (Å²) in [7, 11) is 0. The van der Waals surface area contributed by atoms with Crippen LogP contribution in [0.15, 0.2) is 54.6 Å². The van der Waals surface area contributed by atoms with Gasteiger partial charge in [0.15, 0.2) is 6.61 Å². The average Bonchev–Trinajstić information content (AvgIpc) is 3.15. The number of aromatic amines is 1. The van der Waals surface area contributed by atoms with Gasteiger partial charge in [0.25, 0.3) is 11.8 Å². The van der Waals surface area contributed by atoms with E-state index in [1.54, 1.807) is 45.0 Å². The Labute approximate surface area is 197 Å². The summed E-state index contributed by atoms with van der Waals surface area (Å²) >= 11 is 0. The number of amides is 2. The quantitative estimate of drug-likeness (QED) is 0.330. The Kier molecular flexibility index (Phi) is 8.28. The van der Waals surface area contributed by atoms with E-state index >= 15 is 0 Å². The second-order valence-electron chi connectivity index (χ2n) is 7.38. The molecule has 0 spiro atoms. The van der Waals surface area contributed by atoms with Gasteiger partial charge in [0.05, 0.1) is 12.2 Å². The molecule has 3 aromatic rings. The van der Waals surface area contributed by atoms with E-state index in [-0.39, 0.29) is 18.9 Å². The van der Waals surface area contributed by atoms with Gasteiger partial charge in [0.1, 0.15) is 23.8 Å². The second kappa shape index (κ2) is 11.6. The van der Waals surface area contributed by atoms with Crippen LogP contribution in [0.1, 0.15) is 44.6 Å². The van der Waals surface area contributed by atoms with Crippen molar-refractivity contribution in [3.8, 4) is 11.5 Å². The minimum atomic E-state index is -0.593. The van der Waals surface area contributed by atoms with E-state index in [1.807, 2.05) is 30.3 Å². The Morgan fingerprint density at radius 3 is 2.18 bits per heavy atom. The zero-order valence-corrected chi connectivity index (χ0v) is 19.3. The molecule has 0 aliphatic heterocycles. The van der Waals surface area contributed by atoms with Gasteiger partial charge < -0.3 is 19.2 Å². The van der Waals surface area contributed by atoms with Crippen molar-refractivity contribution in [2.75, 3.05) is 13.2 Å². The third kappa shape index (κ3) is 6.38. The van der Waals surface area contributed by atoms with Crippen molar-refractivity contribution in [3.63, 3.8) is 0 Å². The number of hydrogen-bond acceptors (Lipinski definition) is 6. The fourth-order valence-electron chi connectivity index (χ4n) is 3.23. The Morgan fingerprint density at radius 2 is 1.53 bits per heavy atom. The van der Waals surface area contributed by atoms with Gasteiger partial charge in [-0.15, -0.1) is 0 Å². The lowest BCUT2D eigenvalue weighted by molar-refractivity contribution is -0.123. The highest BCUT2D eigenvalue weighted by Gasteiger charge is 2.23. The Hall–Kier alpha value is -4.27. The van der Waals surface area contributed by atoms with Gasteiger partial charge in [0.2, 0.25) is 0 Å². The number of rotatable bonds is 9. The number of hydrogen-bond donors (Lipinski definition) is 3. The minimum Gasteiger partial charge on any atom is -0.489 e. The summed E-state index contributed by atoms with van der Waals surface area (Å²) in [5, 5.41) is 0. The summed E-state index contributed by atoms with van der Waals surface area (Å²) in [5.41, 5.74) is 7.06. The van der Waals surface area contributed by atoms with Crippen molar-refractivity contribution in [1.29, 1.82) is 0 Å². The number of benzene rings is 2. The molecule has 34 heavy (non-hydrogen) atoms. The van der Waals surface area contributed by atoms with E-state index in [9.17, 15) is 14.4 Å². The van der Waals surface area contributed by atoms with Crippen LogP contribution in [-0.4, -0.2) is 36.0 Å². The lowest BCUT2D eigenvalue weighted by Gasteiger charge is -2.10. The standard InChI is InChI=1S/C25H27N3O6/c1-4-32-25(31)22-16(2)23(26-17(22)3)24(30)28-27-21(29)15-34-20-12-10-19(11-13-20)33-14-18-8-6-5-7-9-18/h5-13,26H,4,14-15H2,1-3H3,(H,27,29)(H,28,30). The van der Waals surface area contributed by atoms with Crippen LogP contribution in [0, 0.1) is 13.8 Å². The summed E-state index contributed by atoms with van der Waals surface area (Å²) in [5.74, 6) is -0.509. The van der Waals surface area contributed by atoms with Crippen LogP contribution in [-0.2, 0) is 16.1 Å². The zero-order valence-electron chi connectivity index (χ0n) is 19.3. The largest absolute Gasteiger partial charge is 0.489 e. The Balaban J connectivity index is 1.45. The topological polar surface area (TPSA) is 119 Å². The van der Waals surface area contributed by atoms with Gasteiger partial charge in [-0.05, 0) is 56.2 Å². The van der Waals surface area contributed by atoms with E-state index in [1.165, 1.54) is 0 Å². The van der Waals surface area contributed by atoms with Crippen LogP contribution in [0.2, 0.25) is 0 Å². The molecule has 0 saturated heterocycles. The van der Waals surface area contributed by atoms with Gasteiger partial charge in [-0.25, -0.2) is 4.79 Å². The molecule has 3 rings (SSSR count). The number of aryl methyl sites for hydroxylation is 1. The average molecular weight is 466 g/mol. The smallest absolute Gasteiger partial charge is 0.340 e. The van der Waals surface area contributed by atoms with Crippen LogP contribution in [0.4, 0.5) is 0 Å². The number of H-pyrrole nitrogens is 1. The molecule has 0 fully saturated rings. The van der Waals surface area contributed by atoms with Gasteiger partial charge >= 0.3 is 5.97 Å². The molecule has 2 amide bonds. The number of carbonyl (C=O) groups is 3. The summed E-state index contributed by atoms with van der Waals surface area (Å²) in [6.45, 7) is 5.37. The molecular weight excluding hydrogens is 438 g/mol. The fourth-order valence-corrected chi connectivity index (χ4v) is 3.23. The molecule has 0 radical (unpaired) electrons. The third-order valence-corrected chi connectivity index (χ3v) is 4.90. The molecule has 2 aromatic carbocycles. The molecule has 0 aliphatic carbocycles. The molecular formula is C25H27N3O6. The highest BCUT2D eigenvalue weighted by Crippen LogP contribution is 2.20. The molecule has 3 N–H and O–H groups in total. The van der Waals surface area contributed by atoms with Gasteiger partial charge in [-0.3, -0.25) is 20.4 Å².